The predicted octanol–water partition coefficient (Wildman–Crippen LogP) is 5.06. The number of hydrogen-bond acceptors (Lipinski definition) is 4. The average Bonchev–Trinajstić information content (AvgIpc) is 2.75. The SMILES string of the molecule is Cc1cc(-n2c(C)nc3ccccc3c2=O)ccc1NC(=O)[C@H](C)Oc1cccc(Cl)c1. The summed E-state index contributed by atoms with van der Waals surface area (Å²) in [6.45, 7) is 5.34. The van der Waals surface area contributed by atoms with Gasteiger partial charge in [-0.05, 0) is 74.9 Å². The van der Waals surface area contributed by atoms with Crippen LogP contribution in [0.3, 0.4) is 0 Å². The maximum Gasteiger partial charge on any atom is 0.265 e. The molecule has 1 aromatic heterocycles. The van der Waals surface area contributed by atoms with E-state index in [2.05, 4.69) is 10.3 Å². The topological polar surface area (TPSA) is 73.2 Å². The molecule has 7 heteroatoms. The number of rotatable bonds is 5. The van der Waals surface area contributed by atoms with E-state index in [0.29, 0.717) is 38.9 Å². The monoisotopic (exact) mass is 447 g/mol. The predicted molar refractivity (Wildman–Crippen MR) is 127 cm³/mol. The number of para-hydroxylation sites is 1. The van der Waals surface area contributed by atoms with Crippen LogP contribution < -0.4 is 15.6 Å². The Morgan fingerprint density at radius 2 is 1.84 bits per heavy atom. The molecule has 0 fully saturated rings. The van der Waals surface area contributed by atoms with Gasteiger partial charge in [-0.25, -0.2) is 4.98 Å². The van der Waals surface area contributed by atoms with Gasteiger partial charge in [0.1, 0.15) is 11.6 Å². The first-order chi connectivity index (χ1) is 15.3. The highest BCUT2D eigenvalue weighted by Gasteiger charge is 2.17. The van der Waals surface area contributed by atoms with Crippen LogP contribution in [-0.4, -0.2) is 21.6 Å². The number of hydrogen-bond donors (Lipinski definition) is 1. The Hall–Kier alpha value is -3.64. The van der Waals surface area contributed by atoms with E-state index in [1.165, 1.54) is 0 Å². The molecule has 0 radical (unpaired) electrons. The molecule has 0 bridgehead atoms. The lowest BCUT2D eigenvalue weighted by Gasteiger charge is -2.17. The summed E-state index contributed by atoms with van der Waals surface area (Å²) in [5.74, 6) is 0.820. The van der Waals surface area contributed by atoms with Crippen molar-refractivity contribution >= 4 is 34.1 Å². The number of amides is 1. The van der Waals surface area contributed by atoms with Gasteiger partial charge >= 0.3 is 0 Å². The van der Waals surface area contributed by atoms with E-state index in [4.69, 9.17) is 16.3 Å². The minimum Gasteiger partial charge on any atom is -0.481 e. The van der Waals surface area contributed by atoms with E-state index in [0.717, 1.165) is 5.56 Å². The van der Waals surface area contributed by atoms with Crippen LogP contribution in [0.5, 0.6) is 5.75 Å². The number of aromatic nitrogens is 2. The molecule has 162 valence electrons. The van der Waals surface area contributed by atoms with Crippen molar-refractivity contribution in [3.8, 4) is 11.4 Å². The first-order valence-electron chi connectivity index (χ1n) is 10.2. The number of carbonyl (C=O) groups excluding carboxylic acids is 1. The number of benzene rings is 3. The Kier molecular flexibility index (Phi) is 5.97. The third kappa shape index (κ3) is 4.36. The summed E-state index contributed by atoms with van der Waals surface area (Å²) in [6, 6.07) is 19.6. The third-order valence-electron chi connectivity index (χ3n) is 5.15. The maximum absolute atomic E-state index is 13.0. The van der Waals surface area contributed by atoms with Crippen LogP contribution in [-0.2, 0) is 4.79 Å². The van der Waals surface area contributed by atoms with E-state index < -0.39 is 6.10 Å². The Balaban J connectivity index is 1.57. The second-order valence-electron chi connectivity index (χ2n) is 7.52. The third-order valence-corrected chi connectivity index (χ3v) is 5.38. The molecule has 0 unspecified atom stereocenters. The summed E-state index contributed by atoms with van der Waals surface area (Å²) in [5, 5.41) is 3.98. The minimum absolute atomic E-state index is 0.132. The van der Waals surface area contributed by atoms with Crippen molar-refractivity contribution in [2.45, 2.75) is 26.9 Å². The largest absolute Gasteiger partial charge is 0.481 e. The molecule has 4 aromatic rings. The molecule has 6 nitrogen and oxygen atoms in total. The van der Waals surface area contributed by atoms with Gasteiger partial charge in [0.2, 0.25) is 0 Å². The Labute approximate surface area is 190 Å². The molecule has 1 N–H and O–H groups in total. The Morgan fingerprint density at radius 3 is 2.59 bits per heavy atom. The van der Waals surface area contributed by atoms with Gasteiger partial charge in [0, 0.05) is 10.7 Å². The first-order valence-corrected chi connectivity index (χ1v) is 10.5. The van der Waals surface area contributed by atoms with E-state index in [9.17, 15) is 9.59 Å². The number of carbonyl (C=O) groups is 1. The van der Waals surface area contributed by atoms with Crippen molar-refractivity contribution in [1.29, 1.82) is 0 Å². The van der Waals surface area contributed by atoms with Gasteiger partial charge in [0.05, 0.1) is 16.6 Å². The van der Waals surface area contributed by atoms with Gasteiger partial charge < -0.3 is 10.1 Å². The molecule has 0 saturated carbocycles. The van der Waals surface area contributed by atoms with Gasteiger partial charge in [0.25, 0.3) is 11.5 Å². The van der Waals surface area contributed by atoms with Crippen LogP contribution in [0.25, 0.3) is 16.6 Å². The summed E-state index contributed by atoms with van der Waals surface area (Å²) < 4.78 is 7.26. The number of anilines is 1. The average molecular weight is 448 g/mol. The highest BCUT2D eigenvalue weighted by Crippen LogP contribution is 2.22. The van der Waals surface area contributed by atoms with Crippen molar-refractivity contribution in [3.63, 3.8) is 0 Å². The van der Waals surface area contributed by atoms with Crippen LogP contribution >= 0.6 is 11.6 Å². The Bertz CT molecular complexity index is 1380. The lowest BCUT2D eigenvalue weighted by Crippen LogP contribution is -2.30. The summed E-state index contributed by atoms with van der Waals surface area (Å²) in [4.78, 5) is 30.2. The van der Waals surface area contributed by atoms with Gasteiger partial charge in [-0.1, -0.05) is 29.8 Å². The zero-order valence-electron chi connectivity index (χ0n) is 17.9. The van der Waals surface area contributed by atoms with Crippen molar-refractivity contribution < 1.29 is 9.53 Å². The summed E-state index contributed by atoms with van der Waals surface area (Å²) in [6.07, 6.45) is -0.720. The zero-order valence-corrected chi connectivity index (χ0v) is 18.7. The smallest absolute Gasteiger partial charge is 0.265 e. The molecule has 0 aliphatic carbocycles. The van der Waals surface area contributed by atoms with Gasteiger partial charge in [-0.3, -0.25) is 14.2 Å². The highest BCUT2D eigenvalue weighted by atomic mass is 35.5. The fourth-order valence-corrected chi connectivity index (χ4v) is 3.69. The molecule has 0 aliphatic rings. The van der Waals surface area contributed by atoms with Gasteiger partial charge in [-0.2, -0.15) is 0 Å². The summed E-state index contributed by atoms with van der Waals surface area (Å²) in [5.41, 5.74) is 2.67. The molecule has 1 heterocycles. The van der Waals surface area contributed by atoms with E-state index >= 15 is 0 Å². The number of fused-ring (bicyclic) bond motifs is 1. The zero-order chi connectivity index (χ0) is 22.8. The van der Waals surface area contributed by atoms with Gasteiger partial charge in [-0.15, -0.1) is 0 Å². The maximum atomic E-state index is 13.0. The van der Waals surface area contributed by atoms with E-state index in [1.807, 2.05) is 31.2 Å². The fourth-order valence-electron chi connectivity index (χ4n) is 3.51. The fraction of sp³-hybridized carbons (Fsp3) is 0.160. The van der Waals surface area contributed by atoms with Crippen LogP contribution in [0.2, 0.25) is 5.02 Å². The van der Waals surface area contributed by atoms with Crippen LogP contribution in [0, 0.1) is 13.8 Å². The molecular formula is C25H22ClN3O3. The number of nitrogens with one attached hydrogen (secondary N) is 1. The normalized spacial score (nSPS) is 11.9. The highest BCUT2D eigenvalue weighted by molar-refractivity contribution is 6.30. The lowest BCUT2D eigenvalue weighted by molar-refractivity contribution is -0.122. The summed E-state index contributed by atoms with van der Waals surface area (Å²) in [7, 11) is 0. The van der Waals surface area contributed by atoms with Gasteiger partial charge in [0.15, 0.2) is 6.10 Å². The molecule has 4 rings (SSSR count). The quantitative estimate of drug-likeness (QED) is 0.464. The first kappa shape index (κ1) is 21.6. The van der Waals surface area contributed by atoms with Crippen molar-refractivity contribution in [3.05, 3.63) is 93.5 Å². The van der Waals surface area contributed by atoms with Crippen molar-refractivity contribution in [2.75, 3.05) is 5.32 Å². The van der Waals surface area contributed by atoms with Crippen LogP contribution in [0.4, 0.5) is 5.69 Å². The van der Waals surface area contributed by atoms with Crippen molar-refractivity contribution in [1.82, 2.24) is 9.55 Å². The summed E-state index contributed by atoms with van der Waals surface area (Å²) >= 11 is 5.97. The Morgan fingerprint density at radius 1 is 1.06 bits per heavy atom. The van der Waals surface area contributed by atoms with Crippen molar-refractivity contribution in [2.24, 2.45) is 0 Å². The molecule has 3 aromatic carbocycles. The number of aryl methyl sites for hydroxylation is 2. The molecule has 1 amide bonds. The molecule has 1 atom stereocenters. The number of nitrogens with zero attached hydrogens (tertiary/aromatic N) is 2. The second-order valence-corrected chi connectivity index (χ2v) is 7.96. The lowest BCUT2D eigenvalue weighted by atomic mass is 10.1. The molecule has 0 aliphatic heterocycles. The van der Waals surface area contributed by atoms with E-state index in [1.54, 1.807) is 60.9 Å². The molecule has 0 saturated heterocycles. The van der Waals surface area contributed by atoms with Crippen LogP contribution in [0.1, 0.15) is 18.3 Å². The van der Waals surface area contributed by atoms with Crippen LogP contribution in [0.15, 0.2) is 71.5 Å². The number of ether oxygens (including phenoxy) is 1. The molecular weight excluding hydrogens is 426 g/mol. The second kappa shape index (κ2) is 8.85. The standard InChI is InChI=1S/C25H22ClN3O3/c1-15-13-19(29-17(3)27-23-10-5-4-9-21(23)25(29)31)11-12-22(15)28-24(30)16(2)32-20-8-6-7-18(26)14-20/h4-14,16H,1-3H3,(H,28,30)/t16-/m0/s1. The van der Waals surface area contributed by atoms with E-state index in [-0.39, 0.29) is 11.5 Å². The molecule has 32 heavy (non-hydrogen) atoms. The molecule has 0 spiro atoms. The minimum atomic E-state index is -0.720. The number of halogens is 1.